The zero-order valence-corrected chi connectivity index (χ0v) is 9.00. The Labute approximate surface area is 95.7 Å². The first-order valence-electron chi connectivity index (χ1n) is 5.14. The molecule has 0 saturated carbocycles. The molecule has 1 fully saturated rings. The molecule has 98 valence electrons. The molecule has 1 heterocycles. The number of piperidine rings is 1. The molecule has 1 rings (SSSR count). The normalized spacial score (nSPS) is 18.7. The second-order valence-corrected chi connectivity index (χ2v) is 3.71. The van der Waals surface area contributed by atoms with E-state index in [2.05, 4.69) is 4.74 Å². The van der Waals surface area contributed by atoms with Crippen molar-refractivity contribution in [1.82, 2.24) is 4.90 Å². The van der Waals surface area contributed by atoms with Gasteiger partial charge in [-0.2, -0.15) is 13.2 Å². The van der Waals surface area contributed by atoms with Crippen LogP contribution in [0.1, 0.15) is 19.3 Å². The second kappa shape index (κ2) is 5.35. The fraction of sp³-hybridized carbons (Fsp3) is 0.778. The Hall–Kier alpha value is -1.31. The van der Waals surface area contributed by atoms with E-state index in [0.717, 1.165) is 19.3 Å². The molecule has 1 amide bonds. The molecule has 0 spiro atoms. The van der Waals surface area contributed by atoms with E-state index in [0.29, 0.717) is 13.1 Å². The molecule has 1 aliphatic heterocycles. The minimum absolute atomic E-state index is 0.427. The molecule has 0 bridgehead atoms. The van der Waals surface area contributed by atoms with Crippen LogP contribution in [0.5, 0.6) is 0 Å². The number of halogens is 3. The fourth-order valence-corrected chi connectivity index (χ4v) is 1.53. The first-order valence-corrected chi connectivity index (χ1v) is 5.14. The van der Waals surface area contributed by atoms with Crippen LogP contribution in [0.2, 0.25) is 0 Å². The van der Waals surface area contributed by atoms with Crippen LogP contribution in [-0.4, -0.2) is 42.3 Å². The zero-order valence-electron chi connectivity index (χ0n) is 9.00. The van der Waals surface area contributed by atoms with Crippen molar-refractivity contribution < 1.29 is 27.5 Å². The average molecular weight is 254 g/mol. The molecular formula is C9H13F3N2O3. The highest BCUT2D eigenvalue weighted by Crippen LogP contribution is 2.17. The summed E-state index contributed by atoms with van der Waals surface area (Å²) >= 11 is 0. The van der Waals surface area contributed by atoms with Crippen molar-refractivity contribution in [2.75, 3.05) is 13.1 Å². The number of carbonyl (C=O) groups is 2. The third-order valence-electron chi connectivity index (χ3n) is 2.38. The van der Waals surface area contributed by atoms with E-state index in [9.17, 15) is 22.8 Å². The summed E-state index contributed by atoms with van der Waals surface area (Å²) in [5.41, 5.74) is 5.11. The number of likely N-dealkylation sites (tertiary alicyclic amines) is 1. The van der Waals surface area contributed by atoms with Crippen LogP contribution in [0.15, 0.2) is 0 Å². The lowest BCUT2D eigenvalue weighted by molar-refractivity contribution is -0.206. The average Bonchev–Trinajstić information content (AvgIpc) is 2.27. The van der Waals surface area contributed by atoms with Crippen molar-refractivity contribution in [3.05, 3.63) is 0 Å². The molecule has 0 aliphatic carbocycles. The summed E-state index contributed by atoms with van der Waals surface area (Å²) in [5, 5.41) is 0. The lowest BCUT2D eigenvalue weighted by atomic mass is 10.1. The number of hydrogen-bond donors (Lipinski definition) is 1. The summed E-state index contributed by atoms with van der Waals surface area (Å²) in [6.07, 6.45) is -4.53. The zero-order chi connectivity index (χ0) is 13.1. The van der Waals surface area contributed by atoms with Gasteiger partial charge in [0.05, 0.1) is 0 Å². The maximum absolute atomic E-state index is 11.9. The Morgan fingerprint density at radius 1 is 1.18 bits per heavy atom. The maximum Gasteiger partial charge on any atom is 0.490 e. The molecule has 5 nitrogen and oxygen atoms in total. The monoisotopic (exact) mass is 254 g/mol. The van der Waals surface area contributed by atoms with Crippen molar-refractivity contribution in [2.24, 2.45) is 5.73 Å². The fourth-order valence-electron chi connectivity index (χ4n) is 1.53. The van der Waals surface area contributed by atoms with E-state index in [1.807, 2.05) is 0 Å². The van der Waals surface area contributed by atoms with Crippen LogP contribution in [0, 0.1) is 0 Å². The molecule has 1 unspecified atom stereocenters. The van der Waals surface area contributed by atoms with Gasteiger partial charge in [0.1, 0.15) is 0 Å². The Balaban J connectivity index is 2.49. The lowest BCUT2D eigenvalue weighted by Gasteiger charge is -2.28. The Morgan fingerprint density at radius 3 is 2.18 bits per heavy atom. The predicted octanol–water partition coefficient (Wildman–Crippen LogP) is 0.389. The van der Waals surface area contributed by atoms with Gasteiger partial charge in [0.25, 0.3) is 5.91 Å². The van der Waals surface area contributed by atoms with Crippen LogP contribution < -0.4 is 5.73 Å². The molecule has 1 aliphatic rings. The predicted molar refractivity (Wildman–Crippen MR) is 50.6 cm³/mol. The highest BCUT2D eigenvalue weighted by atomic mass is 19.4. The number of amides is 1. The van der Waals surface area contributed by atoms with Gasteiger partial charge in [0.2, 0.25) is 6.23 Å². The first-order chi connectivity index (χ1) is 7.82. The van der Waals surface area contributed by atoms with Gasteiger partial charge in [-0.05, 0) is 19.3 Å². The van der Waals surface area contributed by atoms with Gasteiger partial charge in [-0.15, -0.1) is 0 Å². The number of alkyl halides is 3. The number of esters is 1. The largest absolute Gasteiger partial charge is 0.490 e. The molecule has 8 heteroatoms. The SMILES string of the molecule is NC(OC(=O)C(F)(F)F)C(=O)N1CCCCC1. The Kier molecular flexibility index (Phi) is 4.33. The summed E-state index contributed by atoms with van der Waals surface area (Å²) in [7, 11) is 0. The first kappa shape index (κ1) is 13.8. The third kappa shape index (κ3) is 3.88. The molecule has 1 saturated heterocycles. The van der Waals surface area contributed by atoms with Gasteiger partial charge in [-0.1, -0.05) is 0 Å². The van der Waals surface area contributed by atoms with Crippen LogP contribution >= 0.6 is 0 Å². The van der Waals surface area contributed by atoms with Crippen molar-refractivity contribution in [1.29, 1.82) is 0 Å². The van der Waals surface area contributed by atoms with E-state index < -0.39 is 24.3 Å². The van der Waals surface area contributed by atoms with Crippen LogP contribution in [0.4, 0.5) is 13.2 Å². The minimum atomic E-state index is -5.14. The molecule has 0 aromatic heterocycles. The highest BCUT2D eigenvalue weighted by Gasteiger charge is 2.43. The van der Waals surface area contributed by atoms with Gasteiger partial charge >= 0.3 is 12.1 Å². The summed E-state index contributed by atoms with van der Waals surface area (Å²) in [6, 6.07) is 0. The molecule has 2 N–H and O–H groups in total. The van der Waals surface area contributed by atoms with Crippen molar-refractivity contribution in [3.63, 3.8) is 0 Å². The second-order valence-electron chi connectivity index (χ2n) is 3.71. The minimum Gasteiger partial charge on any atom is -0.430 e. The van der Waals surface area contributed by atoms with E-state index in [4.69, 9.17) is 5.73 Å². The van der Waals surface area contributed by atoms with Crippen molar-refractivity contribution in [3.8, 4) is 0 Å². The van der Waals surface area contributed by atoms with Gasteiger partial charge < -0.3 is 9.64 Å². The Bertz CT molecular complexity index is 300. The van der Waals surface area contributed by atoms with E-state index in [1.165, 1.54) is 4.90 Å². The summed E-state index contributed by atoms with van der Waals surface area (Å²) < 4.78 is 39.4. The molecular weight excluding hydrogens is 241 g/mol. The number of hydrogen-bond acceptors (Lipinski definition) is 4. The lowest BCUT2D eigenvalue weighted by Crippen LogP contribution is -2.49. The van der Waals surface area contributed by atoms with Gasteiger partial charge in [-0.25, -0.2) is 4.79 Å². The number of ether oxygens (including phenoxy) is 1. The maximum atomic E-state index is 11.9. The van der Waals surface area contributed by atoms with E-state index >= 15 is 0 Å². The standard InChI is InChI=1S/C9H13F3N2O3/c10-9(11,12)8(16)17-6(13)7(15)14-4-2-1-3-5-14/h6H,1-5,13H2. The van der Waals surface area contributed by atoms with Gasteiger partial charge in [0.15, 0.2) is 0 Å². The number of rotatable bonds is 2. The third-order valence-corrected chi connectivity index (χ3v) is 2.38. The van der Waals surface area contributed by atoms with E-state index in [1.54, 1.807) is 0 Å². The molecule has 0 radical (unpaired) electrons. The van der Waals surface area contributed by atoms with Crippen LogP contribution in [-0.2, 0) is 14.3 Å². The quantitative estimate of drug-likeness (QED) is 0.571. The van der Waals surface area contributed by atoms with Gasteiger partial charge in [0, 0.05) is 13.1 Å². The molecule has 0 aromatic carbocycles. The number of nitrogens with zero attached hydrogens (tertiary/aromatic N) is 1. The van der Waals surface area contributed by atoms with Crippen LogP contribution in [0.25, 0.3) is 0 Å². The van der Waals surface area contributed by atoms with Gasteiger partial charge in [-0.3, -0.25) is 10.5 Å². The smallest absolute Gasteiger partial charge is 0.430 e. The summed E-state index contributed by atoms with van der Waals surface area (Å²) in [5.74, 6) is -3.24. The highest BCUT2D eigenvalue weighted by molar-refractivity contribution is 5.84. The van der Waals surface area contributed by atoms with E-state index in [-0.39, 0.29) is 0 Å². The summed E-state index contributed by atoms with van der Waals surface area (Å²) in [4.78, 5) is 23.3. The molecule has 17 heavy (non-hydrogen) atoms. The van der Waals surface area contributed by atoms with Crippen LogP contribution in [0.3, 0.4) is 0 Å². The molecule has 0 aromatic rings. The Morgan fingerprint density at radius 2 is 1.71 bits per heavy atom. The van der Waals surface area contributed by atoms with Crippen molar-refractivity contribution >= 4 is 11.9 Å². The number of nitrogens with two attached hydrogens (primary N) is 1. The summed E-state index contributed by atoms with van der Waals surface area (Å²) in [6.45, 7) is 0.853. The molecule has 1 atom stereocenters. The topological polar surface area (TPSA) is 72.6 Å². The number of carbonyl (C=O) groups excluding carboxylic acids is 2. The van der Waals surface area contributed by atoms with Crippen molar-refractivity contribution in [2.45, 2.75) is 31.7 Å².